The molecule has 1 aromatic rings. The molecule has 1 saturated carbocycles. The largest absolute Gasteiger partial charge is 0.492 e. The van der Waals surface area contributed by atoms with E-state index in [4.69, 9.17) is 4.74 Å². The Morgan fingerprint density at radius 2 is 1.87 bits per heavy atom. The third-order valence-electron chi connectivity index (χ3n) is 4.08. The van der Waals surface area contributed by atoms with Crippen LogP contribution in [-0.4, -0.2) is 35.5 Å². The summed E-state index contributed by atoms with van der Waals surface area (Å²) in [7, 11) is 0. The van der Waals surface area contributed by atoms with Gasteiger partial charge in [-0.1, -0.05) is 25.8 Å². The number of amides is 1. The van der Waals surface area contributed by atoms with Crippen LogP contribution in [0.15, 0.2) is 36.9 Å². The summed E-state index contributed by atoms with van der Waals surface area (Å²) in [4.78, 5) is 23.4. The van der Waals surface area contributed by atoms with Crippen LogP contribution in [0.1, 0.15) is 42.5 Å². The number of carbonyl (C=O) groups excluding carboxylic acids is 2. The van der Waals surface area contributed by atoms with Gasteiger partial charge in [0.1, 0.15) is 18.0 Å². The minimum Gasteiger partial charge on any atom is -0.492 e. The normalized spacial score (nSPS) is 16.4. The van der Waals surface area contributed by atoms with Crippen molar-refractivity contribution in [1.29, 1.82) is 0 Å². The quantitative estimate of drug-likeness (QED) is 0.459. The van der Waals surface area contributed by atoms with Crippen molar-refractivity contribution in [2.24, 2.45) is 0 Å². The number of ether oxygens (including phenoxy) is 1. The van der Waals surface area contributed by atoms with Crippen LogP contribution >= 0.6 is 0 Å². The summed E-state index contributed by atoms with van der Waals surface area (Å²) in [5, 5.41) is 13.1. The molecular weight excluding hydrogens is 294 g/mol. The Kier molecular flexibility index (Phi) is 5.93. The van der Waals surface area contributed by atoms with Gasteiger partial charge in [0.25, 0.3) is 0 Å². The number of ketones is 1. The number of benzene rings is 1. The topological polar surface area (TPSA) is 75.6 Å². The van der Waals surface area contributed by atoms with Crippen LogP contribution in [0.5, 0.6) is 5.75 Å². The Balaban J connectivity index is 1.87. The van der Waals surface area contributed by atoms with Crippen molar-refractivity contribution in [3.05, 3.63) is 42.5 Å². The molecule has 0 radical (unpaired) electrons. The third-order valence-corrected chi connectivity index (χ3v) is 4.08. The fraction of sp³-hybridized carbons (Fsp3) is 0.444. The van der Waals surface area contributed by atoms with Crippen molar-refractivity contribution in [3.8, 4) is 5.75 Å². The highest BCUT2D eigenvalue weighted by Gasteiger charge is 2.37. The molecule has 0 saturated heterocycles. The van der Waals surface area contributed by atoms with E-state index in [0.717, 1.165) is 19.3 Å². The van der Waals surface area contributed by atoms with Gasteiger partial charge >= 0.3 is 0 Å². The first-order valence-electron chi connectivity index (χ1n) is 7.95. The van der Waals surface area contributed by atoms with E-state index in [2.05, 4.69) is 11.9 Å². The average molecular weight is 317 g/mol. The fourth-order valence-corrected chi connectivity index (χ4v) is 2.75. The lowest BCUT2D eigenvalue weighted by atomic mass is 9.79. The van der Waals surface area contributed by atoms with E-state index in [1.165, 1.54) is 6.08 Å². The SMILES string of the molecule is C=CC(=O)NCCOc1ccc(C(=O)C2(O)CCCCC2)cc1. The monoisotopic (exact) mass is 317 g/mol. The van der Waals surface area contributed by atoms with E-state index < -0.39 is 5.60 Å². The molecule has 2 N–H and O–H groups in total. The summed E-state index contributed by atoms with van der Waals surface area (Å²) in [6, 6.07) is 6.75. The number of carbonyl (C=O) groups is 2. The first-order chi connectivity index (χ1) is 11.0. The zero-order valence-electron chi connectivity index (χ0n) is 13.2. The van der Waals surface area contributed by atoms with Gasteiger partial charge in [-0.2, -0.15) is 0 Å². The molecule has 1 aromatic carbocycles. The summed E-state index contributed by atoms with van der Waals surface area (Å²) >= 11 is 0. The molecule has 0 heterocycles. The van der Waals surface area contributed by atoms with E-state index >= 15 is 0 Å². The summed E-state index contributed by atoms with van der Waals surface area (Å²) in [5.41, 5.74) is -0.711. The maximum Gasteiger partial charge on any atom is 0.243 e. The Morgan fingerprint density at radius 3 is 2.48 bits per heavy atom. The lowest BCUT2D eigenvalue weighted by Gasteiger charge is -2.30. The predicted octanol–water partition coefficient (Wildman–Crippen LogP) is 2.25. The van der Waals surface area contributed by atoms with Gasteiger partial charge in [0.2, 0.25) is 5.91 Å². The maximum atomic E-state index is 12.5. The van der Waals surface area contributed by atoms with Crippen LogP contribution < -0.4 is 10.1 Å². The van der Waals surface area contributed by atoms with Crippen molar-refractivity contribution in [2.75, 3.05) is 13.2 Å². The van der Waals surface area contributed by atoms with Crippen LogP contribution in [0, 0.1) is 0 Å². The summed E-state index contributed by atoms with van der Waals surface area (Å²) in [5.74, 6) is 0.169. The van der Waals surface area contributed by atoms with Crippen LogP contribution in [0.25, 0.3) is 0 Å². The van der Waals surface area contributed by atoms with E-state index in [0.29, 0.717) is 37.3 Å². The first-order valence-corrected chi connectivity index (χ1v) is 7.95. The standard InChI is InChI=1S/C18H23NO4/c1-2-16(20)19-12-13-23-15-8-6-14(7-9-15)17(21)18(22)10-4-3-5-11-18/h2,6-9,22H,1,3-5,10-13H2,(H,19,20). The number of hydrogen-bond acceptors (Lipinski definition) is 4. The molecule has 0 bridgehead atoms. The molecule has 0 aliphatic heterocycles. The van der Waals surface area contributed by atoms with Gasteiger partial charge in [-0.3, -0.25) is 9.59 Å². The van der Waals surface area contributed by atoms with Gasteiger partial charge < -0.3 is 15.2 Å². The van der Waals surface area contributed by atoms with Crippen molar-refractivity contribution >= 4 is 11.7 Å². The van der Waals surface area contributed by atoms with Crippen LogP contribution in [0.3, 0.4) is 0 Å². The van der Waals surface area contributed by atoms with E-state index in [1.54, 1.807) is 24.3 Å². The lowest BCUT2D eigenvalue weighted by molar-refractivity contribution is -0.116. The number of Topliss-reactive ketones (excluding diaryl/α,β-unsaturated/α-hetero) is 1. The van der Waals surface area contributed by atoms with Crippen molar-refractivity contribution < 1.29 is 19.4 Å². The molecule has 1 aliphatic carbocycles. The van der Waals surface area contributed by atoms with Gasteiger partial charge in [-0.05, 0) is 43.2 Å². The highest BCUT2D eigenvalue weighted by molar-refractivity contribution is 6.02. The molecule has 2 rings (SSSR count). The van der Waals surface area contributed by atoms with Gasteiger partial charge in [-0.15, -0.1) is 0 Å². The Morgan fingerprint density at radius 1 is 1.22 bits per heavy atom. The number of nitrogens with one attached hydrogen (secondary N) is 1. The summed E-state index contributed by atoms with van der Waals surface area (Å²) < 4.78 is 5.48. The molecule has 1 aliphatic rings. The smallest absolute Gasteiger partial charge is 0.243 e. The first kappa shape index (κ1) is 17.2. The highest BCUT2D eigenvalue weighted by atomic mass is 16.5. The molecule has 0 atom stereocenters. The Labute approximate surface area is 136 Å². The van der Waals surface area contributed by atoms with Crippen LogP contribution in [0.4, 0.5) is 0 Å². The van der Waals surface area contributed by atoms with Gasteiger partial charge in [0.15, 0.2) is 5.78 Å². The molecule has 1 amide bonds. The van der Waals surface area contributed by atoms with Crippen molar-refractivity contribution in [1.82, 2.24) is 5.32 Å². The second-order valence-corrected chi connectivity index (χ2v) is 5.79. The second kappa shape index (κ2) is 7.92. The molecule has 23 heavy (non-hydrogen) atoms. The van der Waals surface area contributed by atoms with Gasteiger partial charge in [0.05, 0.1) is 6.54 Å². The van der Waals surface area contributed by atoms with E-state index in [-0.39, 0.29) is 11.7 Å². The minimum atomic E-state index is -1.21. The van der Waals surface area contributed by atoms with Crippen molar-refractivity contribution in [3.63, 3.8) is 0 Å². The Hall–Kier alpha value is -2.14. The van der Waals surface area contributed by atoms with Crippen LogP contribution in [-0.2, 0) is 4.79 Å². The zero-order valence-corrected chi connectivity index (χ0v) is 13.2. The lowest BCUT2D eigenvalue weighted by Crippen LogP contribution is -2.40. The number of rotatable bonds is 7. The minimum absolute atomic E-state index is 0.206. The highest BCUT2D eigenvalue weighted by Crippen LogP contribution is 2.31. The molecule has 1 fully saturated rings. The third kappa shape index (κ3) is 4.66. The molecule has 5 heteroatoms. The molecule has 0 spiro atoms. The number of hydrogen-bond donors (Lipinski definition) is 2. The summed E-state index contributed by atoms with van der Waals surface area (Å²) in [6.07, 6.45) is 5.13. The Bertz CT molecular complexity index is 559. The molecule has 124 valence electrons. The van der Waals surface area contributed by atoms with E-state index in [1.807, 2.05) is 0 Å². The summed E-state index contributed by atoms with van der Waals surface area (Å²) in [6.45, 7) is 4.07. The second-order valence-electron chi connectivity index (χ2n) is 5.79. The van der Waals surface area contributed by atoms with Gasteiger partial charge in [-0.25, -0.2) is 0 Å². The van der Waals surface area contributed by atoms with Gasteiger partial charge in [0, 0.05) is 5.56 Å². The predicted molar refractivity (Wildman–Crippen MR) is 87.5 cm³/mol. The molecular formula is C18H23NO4. The zero-order chi connectivity index (χ0) is 16.7. The maximum absolute atomic E-state index is 12.5. The average Bonchev–Trinajstić information content (AvgIpc) is 2.59. The molecule has 0 unspecified atom stereocenters. The number of aliphatic hydroxyl groups is 1. The fourth-order valence-electron chi connectivity index (χ4n) is 2.75. The van der Waals surface area contributed by atoms with Crippen molar-refractivity contribution in [2.45, 2.75) is 37.7 Å². The molecule has 0 aromatic heterocycles. The van der Waals surface area contributed by atoms with Crippen LogP contribution in [0.2, 0.25) is 0 Å². The molecule has 5 nitrogen and oxygen atoms in total. The van der Waals surface area contributed by atoms with E-state index in [9.17, 15) is 14.7 Å².